The van der Waals surface area contributed by atoms with Crippen LogP contribution in [0.3, 0.4) is 0 Å². The first-order valence-electron chi connectivity index (χ1n) is 7.34. The van der Waals surface area contributed by atoms with Gasteiger partial charge in [-0.25, -0.2) is 0 Å². The van der Waals surface area contributed by atoms with Gasteiger partial charge < -0.3 is 10.2 Å². The zero-order chi connectivity index (χ0) is 14.9. The molecule has 3 atom stereocenters. The van der Waals surface area contributed by atoms with Crippen LogP contribution >= 0.6 is 0 Å². The minimum Gasteiger partial charge on any atom is -0.481 e. The van der Waals surface area contributed by atoms with Gasteiger partial charge in [-0.05, 0) is 32.1 Å². The fourth-order valence-electron chi connectivity index (χ4n) is 2.28. The van der Waals surface area contributed by atoms with Crippen LogP contribution in [0.4, 0.5) is 0 Å². The van der Waals surface area contributed by atoms with E-state index in [1.54, 1.807) is 13.0 Å². The molecule has 0 saturated carbocycles. The summed E-state index contributed by atoms with van der Waals surface area (Å²) >= 11 is 0. The van der Waals surface area contributed by atoms with E-state index in [0.29, 0.717) is 12.3 Å². The maximum atomic E-state index is 10.7. The Kier molecular flexibility index (Phi) is 8.73. The molecule has 0 aromatic carbocycles. The Morgan fingerprint density at radius 1 is 1.26 bits per heavy atom. The monoisotopic (exact) mass is 270 g/mol. The number of carbonyl (C=O) groups is 1. The highest BCUT2D eigenvalue weighted by atomic mass is 16.4. The summed E-state index contributed by atoms with van der Waals surface area (Å²) in [6, 6.07) is 0. The maximum absolute atomic E-state index is 10.7. The highest BCUT2D eigenvalue weighted by Crippen LogP contribution is 2.22. The molecule has 0 spiro atoms. The number of hydrogen-bond donors (Lipinski definition) is 2. The van der Waals surface area contributed by atoms with E-state index in [0.717, 1.165) is 38.5 Å². The standard InChI is InChI=1S/C16H30O3/c1-5-11-16(4,19)12-7-9-13(2)8-6-10-14(3)15(17)18/h5,13-14,19H,1,6-12H2,2-4H3,(H,17,18). The van der Waals surface area contributed by atoms with Crippen LogP contribution in [0.15, 0.2) is 12.7 Å². The van der Waals surface area contributed by atoms with Gasteiger partial charge in [-0.1, -0.05) is 45.6 Å². The second-order valence-corrected chi connectivity index (χ2v) is 6.16. The molecule has 0 aromatic heterocycles. The average molecular weight is 270 g/mol. The Hall–Kier alpha value is -0.830. The summed E-state index contributed by atoms with van der Waals surface area (Å²) in [6.45, 7) is 9.47. The summed E-state index contributed by atoms with van der Waals surface area (Å²) in [5.74, 6) is -0.339. The third-order valence-electron chi connectivity index (χ3n) is 3.75. The molecule has 0 bridgehead atoms. The van der Waals surface area contributed by atoms with E-state index >= 15 is 0 Å². The molecule has 0 amide bonds. The SMILES string of the molecule is C=CCC(C)(O)CCCC(C)CCCC(C)C(=O)O. The zero-order valence-corrected chi connectivity index (χ0v) is 12.7. The van der Waals surface area contributed by atoms with Crippen molar-refractivity contribution in [2.24, 2.45) is 11.8 Å². The molecular weight excluding hydrogens is 240 g/mol. The normalized spacial score (nSPS) is 17.5. The van der Waals surface area contributed by atoms with Gasteiger partial charge in [0.2, 0.25) is 0 Å². The van der Waals surface area contributed by atoms with Crippen LogP contribution in [0.5, 0.6) is 0 Å². The largest absolute Gasteiger partial charge is 0.481 e. The summed E-state index contributed by atoms with van der Waals surface area (Å²) in [5, 5.41) is 18.8. The van der Waals surface area contributed by atoms with Crippen LogP contribution in [0.25, 0.3) is 0 Å². The first kappa shape index (κ1) is 18.2. The van der Waals surface area contributed by atoms with Crippen LogP contribution in [-0.2, 0) is 4.79 Å². The first-order chi connectivity index (χ1) is 8.78. The van der Waals surface area contributed by atoms with Crippen molar-refractivity contribution < 1.29 is 15.0 Å². The van der Waals surface area contributed by atoms with Gasteiger partial charge >= 0.3 is 5.97 Å². The lowest BCUT2D eigenvalue weighted by atomic mass is 9.90. The van der Waals surface area contributed by atoms with Gasteiger partial charge in [-0.3, -0.25) is 4.79 Å². The first-order valence-corrected chi connectivity index (χ1v) is 7.34. The fraction of sp³-hybridized carbons (Fsp3) is 0.812. The van der Waals surface area contributed by atoms with Crippen LogP contribution < -0.4 is 0 Å². The smallest absolute Gasteiger partial charge is 0.306 e. The van der Waals surface area contributed by atoms with Crippen LogP contribution in [-0.4, -0.2) is 21.8 Å². The van der Waals surface area contributed by atoms with E-state index < -0.39 is 11.6 Å². The minimum atomic E-state index is -0.701. The molecule has 112 valence electrons. The molecule has 0 aliphatic carbocycles. The Balaban J connectivity index is 3.67. The van der Waals surface area contributed by atoms with Crippen molar-refractivity contribution in [2.45, 2.75) is 71.3 Å². The number of rotatable bonds is 11. The van der Waals surface area contributed by atoms with Crippen molar-refractivity contribution in [3.63, 3.8) is 0 Å². The summed E-state index contributed by atoms with van der Waals surface area (Å²) < 4.78 is 0. The molecule has 0 fully saturated rings. The summed E-state index contributed by atoms with van der Waals surface area (Å²) in [5.41, 5.74) is -0.626. The number of aliphatic carboxylic acids is 1. The number of carboxylic acid groups (broad SMARTS) is 1. The van der Waals surface area contributed by atoms with Crippen LogP contribution in [0, 0.1) is 11.8 Å². The Morgan fingerprint density at radius 2 is 1.84 bits per heavy atom. The van der Waals surface area contributed by atoms with Crippen LogP contribution in [0.2, 0.25) is 0 Å². The molecular formula is C16H30O3. The fourth-order valence-corrected chi connectivity index (χ4v) is 2.28. The molecule has 0 aromatic rings. The highest BCUT2D eigenvalue weighted by molar-refractivity contribution is 5.69. The van der Waals surface area contributed by atoms with Gasteiger partial charge in [-0.2, -0.15) is 0 Å². The summed E-state index contributed by atoms with van der Waals surface area (Å²) in [4.78, 5) is 10.7. The minimum absolute atomic E-state index is 0.236. The molecule has 2 N–H and O–H groups in total. The molecule has 0 rings (SSSR count). The predicted octanol–water partition coefficient (Wildman–Crippen LogP) is 4.01. The Morgan fingerprint density at radius 3 is 2.37 bits per heavy atom. The third kappa shape index (κ3) is 9.71. The lowest BCUT2D eigenvalue weighted by molar-refractivity contribution is -0.141. The molecule has 0 aliphatic heterocycles. The van der Waals surface area contributed by atoms with Crippen molar-refractivity contribution in [1.29, 1.82) is 0 Å². The summed E-state index contributed by atoms with van der Waals surface area (Å²) in [7, 11) is 0. The number of hydrogen-bond acceptors (Lipinski definition) is 2. The number of aliphatic hydroxyl groups is 1. The third-order valence-corrected chi connectivity index (χ3v) is 3.75. The second-order valence-electron chi connectivity index (χ2n) is 6.16. The van der Waals surface area contributed by atoms with Crippen molar-refractivity contribution in [1.82, 2.24) is 0 Å². The molecule has 0 saturated heterocycles. The topological polar surface area (TPSA) is 57.5 Å². The predicted molar refractivity (Wildman–Crippen MR) is 79.1 cm³/mol. The molecule has 3 heteroatoms. The molecule has 3 unspecified atom stereocenters. The second kappa shape index (κ2) is 9.13. The van der Waals surface area contributed by atoms with Gasteiger partial charge in [0.15, 0.2) is 0 Å². The van der Waals surface area contributed by atoms with Gasteiger partial charge in [0, 0.05) is 0 Å². The Labute approximate surface area is 117 Å². The lowest BCUT2D eigenvalue weighted by Gasteiger charge is -2.22. The molecule has 3 nitrogen and oxygen atoms in total. The molecule has 19 heavy (non-hydrogen) atoms. The van der Waals surface area contributed by atoms with Gasteiger partial charge in [0.25, 0.3) is 0 Å². The van der Waals surface area contributed by atoms with E-state index in [4.69, 9.17) is 5.11 Å². The molecule has 0 aliphatic rings. The van der Waals surface area contributed by atoms with Crippen LogP contribution in [0.1, 0.15) is 65.7 Å². The van der Waals surface area contributed by atoms with Gasteiger partial charge in [-0.15, -0.1) is 6.58 Å². The number of carboxylic acids is 1. The Bertz CT molecular complexity index is 271. The molecule has 0 radical (unpaired) electrons. The average Bonchev–Trinajstić information content (AvgIpc) is 2.28. The molecule has 0 heterocycles. The highest BCUT2D eigenvalue weighted by Gasteiger charge is 2.18. The van der Waals surface area contributed by atoms with Crippen molar-refractivity contribution in [3.05, 3.63) is 12.7 Å². The lowest BCUT2D eigenvalue weighted by Crippen LogP contribution is -2.22. The van der Waals surface area contributed by atoms with E-state index in [1.807, 2.05) is 6.92 Å². The van der Waals surface area contributed by atoms with Gasteiger partial charge in [0.05, 0.1) is 11.5 Å². The van der Waals surface area contributed by atoms with Crippen molar-refractivity contribution in [3.8, 4) is 0 Å². The zero-order valence-electron chi connectivity index (χ0n) is 12.7. The van der Waals surface area contributed by atoms with E-state index in [-0.39, 0.29) is 5.92 Å². The van der Waals surface area contributed by atoms with Crippen molar-refractivity contribution in [2.75, 3.05) is 0 Å². The van der Waals surface area contributed by atoms with Gasteiger partial charge in [0.1, 0.15) is 0 Å². The summed E-state index contributed by atoms with van der Waals surface area (Å²) in [6.07, 6.45) is 8.10. The van der Waals surface area contributed by atoms with E-state index in [2.05, 4.69) is 13.5 Å². The van der Waals surface area contributed by atoms with E-state index in [1.165, 1.54) is 0 Å². The van der Waals surface area contributed by atoms with Crippen molar-refractivity contribution >= 4 is 5.97 Å². The quantitative estimate of drug-likeness (QED) is 0.558. The van der Waals surface area contributed by atoms with E-state index in [9.17, 15) is 9.90 Å². The maximum Gasteiger partial charge on any atom is 0.306 e.